The van der Waals surface area contributed by atoms with Crippen molar-refractivity contribution >= 4 is 5.97 Å². The van der Waals surface area contributed by atoms with Gasteiger partial charge in [0.1, 0.15) is 11.9 Å². The Kier molecular flexibility index (Phi) is 5.17. The maximum Gasteiger partial charge on any atom is 0.384 e. The second-order valence-electron chi connectivity index (χ2n) is 3.22. The monoisotopic (exact) mass is 222 g/mol. The van der Waals surface area contributed by atoms with E-state index >= 15 is 0 Å². The fraction of sp³-hybridized carbons (Fsp3) is 0.417. The van der Waals surface area contributed by atoms with Crippen molar-refractivity contribution < 1.29 is 19.1 Å². The normalized spacial score (nSPS) is 11.4. The number of aliphatic hydroxyl groups is 1. The van der Waals surface area contributed by atoms with E-state index in [1.54, 1.807) is 12.1 Å². The second-order valence-corrected chi connectivity index (χ2v) is 3.22. The minimum atomic E-state index is -0.602. The molecule has 1 N–H and O–H groups in total. The van der Waals surface area contributed by atoms with Gasteiger partial charge in [0.05, 0.1) is 13.4 Å². The maximum absolute atomic E-state index is 10.6. The Bertz CT molecular complexity index is 369. The first-order chi connectivity index (χ1) is 7.74. The van der Waals surface area contributed by atoms with Crippen molar-refractivity contribution in [1.29, 1.82) is 0 Å². The van der Waals surface area contributed by atoms with Crippen molar-refractivity contribution in [2.45, 2.75) is 25.4 Å². The lowest BCUT2D eigenvalue weighted by atomic mass is 10.1. The van der Waals surface area contributed by atoms with Gasteiger partial charge in [-0.05, 0) is 25.0 Å². The molecule has 1 atom stereocenters. The van der Waals surface area contributed by atoms with E-state index in [2.05, 4.69) is 16.6 Å². The van der Waals surface area contributed by atoms with Crippen LogP contribution in [-0.2, 0) is 9.53 Å². The Morgan fingerprint density at radius 2 is 2.50 bits per heavy atom. The Hall–Kier alpha value is -1.73. The molecule has 0 aromatic carbocycles. The van der Waals surface area contributed by atoms with Gasteiger partial charge in [-0.25, -0.2) is 4.79 Å². The van der Waals surface area contributed by atoms with E-state index < -0.39 is 12.1 Å². The molecule has 1 aromatic rings. The summed E-state index contributed by atoms with van der Waals surface area (Å²) in [5.41, 5.74) is 0. The van der Waals surface area contributed by atoms with Crippen LogP contribution in [-0.4, -0.2) is 18.2 Å². The number of methoxy groups -OCH3 is 1. The minimum absolute atomic E-state index is 0.536. The van der Waals surface area contributed by atoms with Crippen LogP contribution >= 0.6 is 0 Å². The van der Waals surface area contributed by atoms with Crippen molar-refractivity contribution in [3.05, 3.63) is 24.2 Å². The van der Waals surface area contributed by atoms with Gasteiger partial charge < -0.3 is 14.3 Å². The molecule has 0 saturated heterocycles. The Balaban J connectivity index is 2.20. The summed E-state index contributed by atoms with van der Waals surface area (Å²) in [5.74, 6) is 5.02. The summed E-state index contributed by atoms with van der Waals surface area (Å²) in [6.07, 6.45) is 2.73. The molecule has 0 radical (unpaired) electrons. The zero-order valence-electron chi connectivity index (χ0n) is 9.10. The van der Waals surface area contributed by atoms with E-state index in [0.717, 1.165) is 0 Å². The van der Waals surface area contributed by atoms with Crippen molar-refractivity contribution in [2.75, 3.05) is 7.11 Å². The van der Waals surface area contributed by atoms with Crippen molar-refractivity contribution in [2.24, 2.45) is 0 Å². The highest BCUT2D eigenvalue weighted by atomic mass is 16.5. The molecule has 1 unspecified atom stereocenters. The fourth-order valence-corrected chi connectivity index (χ4v) is 1.19. The molecule has 4 heteroatoms. The van der Waals surface area contributed by atoms with Gasteiger partial charge in [-0.2, -0.15) is 0 Å². The van der Waals surface area contributed by atoms with Gasteiger partial charge in [-0.1, -0.05) is 5.92 Å². The molecule has 16 heavy (non-hydrogen) atoms. The first-order valence-corrected chi connectivity index (χ1v) is 5.02. The molecule has 1 aromatic heterocycles. The lowest BCUT2D eigenvalue weighted by Gasteiger charge is -2.04. The zero-order chi connectivity index (χ0) is 11.8. The number of unbranched alkanes of at least 4 members (excludes halogenated alkanes) is 1. The van der Waals surface area contributed by atoms with E-state index in [4.69, 9.17) is 4.42 Å². The van der Waals surface area contributed by atoms with E-state index in [1.807, 2.05) is 0 Å². The average molecular weight is 222 g/mol. The predicted octanol–water partition coefficient (Wildman–Crippen LogP) is 1.66. The summed E-state index contributed by atoms with van der Waals surface area (Å²) >= 11 is 0. The second kappa shape index (κ2) is 6.70. The molecule has 0 aliphatic heterocycles. The molecule has 0 amide bonds. The quantitative estimate of drug-likeness (QED) is 0.364. The molecular weight excluding hydrogens is 208 g/mol. The smallest absolute Gasteiger partial charge is 0.384 e. The van der Waals surface area contributed by atoms with E-state index in [-0.39, 0.29) is 0 Å². The molecule has 86 valence electrons. The number of rotatable bonds is 4. The van der Waals surface area contributed by atoms with Gasteiger partial charge in [0.25, 0.3) is 0 Å². The van der Waals surface area contributed by atoms with Crippen molar-refractivity contribution in [1.82, 2.24) is 0 Å². The molecule has 0 saturated carbocycles. The van der Waals surface area contributed by atoms with Gasteiger partial charge >= 0.3 is 5.97 Å². The number of hydrogen-bond acceptors (Lipinski definition) is 4. The third-order valence-electron chi connectivity index (χ3n) is 2.03. The molecule has 0 aliphatic carbocycles. The highest BCUT2D eigenvalue weighted by molar-refractivity contribution is 5.88. The summed E-state index contributed by atoms with van der Waals surface area (Å²) in [7, 11) is 1.29. The van der Waals surface area contributed by atoms with Crippen LogP contribution in [0.2, 0.25) is 0 Å². The molecule has 4 nitrogen and oxygen atoms in total. The molecule has 0 fully saturated rings. The fourth-order valence-electron chi connectivity index (χ4n) is 1.19. The number of carbonyl (C=O) groups excluding carboxylic acids is 1. The highest BCUT2D eigenvalue weighted by Gasteiger charge is 2.08. The zero-order valence-corrected chi connectivity index (χ0v) is 9.10. The number of carbonyl (C=O) groups is 1. The van der Waals surface area contributed by atoms with Crippen LogP contribution in [0.5, 0.6) is 0 Å². The van der Waals surface area contributed by atoms with E-state index in [0.29, 0.717) is 25.0 Å². The summed E-state index contributed by atoms with van der Waals surface area (Å²) in [6, 6.07) is 3.46. The Labute approximate surface area is 94.2 Å². The Morgan fingerprint density at radius 3 is 3.12 bits per heavy atom. The van der Waals surface area contributed by atoms with Gasteiger partial charge in [-0.15, -0.1) is 0 Å². The lowest BCUT2D eigenvalue weighted by Crippen LogP contribution is -1.96. The van der Waals surface area contributed by atoms with Crippen LogP contribution in [0.1, 0.15) is 31.1 Å². The molecular formula is C12H14O4. The third kappa shape index (κ3) is 4.20. The van der Waals surface area contributed by atoms with E-state index in [1.165, 1.54) is 13.4 Å². The summed E-state index contributed by atoms with van der Waals surface area (Å²) < 4.78 is 9.41. The third-order valence-corrected chi connectivity index (χ3v) is 2.03. The largest absolute Gasteiger partial charge is 0.467 e. The van der Waals surface area contributed by atoms with Crippen LogP contribution in [0.25, 0.3) is 0 Å². The minimum Gasteiger partial charge on any atom is -0.467 e. The molecule has 1 rings (SSSR count). The van der Waals surface area contributed by atoms with Gasteiger partial charge in [0.2, 0.25) is 0 Å². The molecule has 0 aliphatic rings. The predicted molar refractivity (Wildman–Crippen MR) is 57.3 cm³/mol. The summed E-state index contributed by atoms with van der Waals surface area (Å²) in [6.45, 7) is 0. The molecule has 0 spiro atoms. The van der Waals surface area contributed by atoms with Gasteiger partial charge in [0.15, 0.2) is 0 Å². The number of furan rings is 1. The van der Waals surface area contributed by atoms with Crippen LogP contribution in [0.3, 0.4) is 0 Å². The Morgan fingerprint density at radius 1 is 1.69 bits per heavy atom. The highest BCUT2D eigenvalue weighted by Crippen LogP contribution is 2.18. The van der Waals surface area contributed by atoms with Crippen LogP contribution < -0.4 is 0 Å². The van der Waals surface area contributed by atoms with Gasteiger partial charge in [0, 0.05) is 12.3 Å². The maximum atomic E-state index is 10.6. The molecule has 1 heterocycles. The van der Waals surface area contributed by atoms with Crippen molar-refractivity contribution in [3.63, 3.8) is 0 Å². The first-order valence-electron chi connectivity index (χ1n) is 5.02. The molecule has 0 bridgehead atoms. The number of hydrogen-bond donors (Lipinski definition) is 1. The first kappa shape index (κ1) is 12.3. The SMILES string of the molecule is COC(=O)C#CCCCC(O)c1ccco1. The van der Waals surface area contributed by atoms with Gasteiger partial charge in [-0.3, -0.25) is 0 Å². The van der Waals surface area contributed by atoms with Crippen molar-refractivity contribution in [3.8, 4) is 11.8 Å². The number of aliphatic hydroxyl groups excluding tert-OH is 1. The van der Waals surface area contributed by atoms with Crippen LogP contribution in [0.4, 0.5) is 0 Å². The van der Waals surface area contributed by atoms with Crippen LogP contribution in [0, 0.1) is 11.8 Å². The van der Waals surface area contributed by atoms with Crippen LogP contribution in [0.15, 0.2) is 22.8 Å². The summed E-state index contributed by atoms with van der Waals surface area (Å²) in [4.78, 5) is 10.6. The average Bonchev–Trinajstić information content (AvgIpc) is 2.81. The number of esters is 1. The summed E-state index contributed by atoms with van der Waals surface area (Å²) in [5, 5.41) is 9.63. The number of ether oxygens (including phenoxy) is 1. The van der Waals surface area contributed by atoms with E-state index in [9.17, 15) is 9.90 Å². The lowest BCUT2D eigenvalue weighted by molar-refractivity contribution is -0.133. The topological polar surface area (TPSA) is 59.7 Å². The standard InChI is InChI=1S/C12H14O4/c1-15-12(14)8-4-2-3-6-10(13)11-7-5-9-16-11/h5,7,9-10,13H,2-3,6H2,1H3.